The van der Waals surface area contributed by atoms with Crippen LogP contribution in [0.3, 0.4) is 0 Å². The van der Waals surface area contributed by atoms with E-state index in [-0.39, 0.29) is 0 Å². The Kier molecular flexibility index (Phi) is 3.51. The van der Waals surface area contributed by atoms with Gasteiger partial charge in [0, 0.05) is 25.7 Å². The number of hydrogen-bond donors (Lipinski definition) is 0. The van der Waals surface area contributed by atoms with Crippen LogP contribution in [0, 0.1) is 5.41 Å². The third-order valence-electron chi connectivity index (χ3n) is 2.88. The summed E-state index contributed by atoms with van der Waals surface area (Å²) >= 11 is 0. The zero-order valence-corrected chi connectivity index (χ0v) is 10.1. The second-order valence-electron chi connectivity index (χ2n) is 4.15. The summed E-state index contributed by atoms with van der Waals surface area (Å²) < 4.78 is 16.4. The fraction of sp³-hybridized carbons (Fsp3) is 1.00. The van der Waals surface area contributed by atoms with Crippen LogP contribution in [-0.2, 0) is 13.6 Å². The first-order valence-electron chi connectivity index (χ1n) is 4.78. The van der Waals surface area contributed by atoms with Crippen LogP contribution in [-0.4, -0.2) is 36.0 Å². The van der Waals surface area contributed by atoms with Gasteiger partial charge in [-0.3, -0.25) is 0 Å². The molecule has 0 unspecified atom stereocenters. The Morgan fingerprint density at radius 1 is 1.31 bits per heavy atom. The minimum Gasteiger partial charge on any atom is -0.398 e. The van der Waals surface area contributed by atoms with E-state index in [2.05, 4.69) is 13.8 Å². The van der Waals surface area contributed by atoms with Crippen molar-refractivity contribution in [2.75, 3.05) is 27.4 Å². The summed E-state index contributed by atoms with van der Waals surface area (Å²) in [5.41, 5.74) is 0.300. The van der Waals surface area contributed by atoms with Crippen molar-refractivity contribution in [2.24, 2.45) is 5.41 Å². The van der Waals surface area contributed by atoms with Crippen LogP contribution in [0.15, 0.2) is 0 Å². The largest absolute Gasteiger partial charge is 0.398 e. The molecule has 0 bridgehead atoms. The van der Waals surface area contributed by atoms with Gasteiger partial charge in [-0.1, -0.05) is 13.8 Å². The fourth-order valence-electron chi connectivity index (χ4n) is 1.84. The van der Waals surface area contributed by atoms with Gasteiger partial charge in [0.25, 0.3) is 0 Å². The Bertz CT molecular complexity index is 156. The molecule has 1 fully saturated rings. The normalized spacial score (nSPS) is 21.2. The molecule has 0 aromatic carbocycles. The maximum Gasteiger partial charge on any atom is 0.338 e. The lowest BCUT2D eigenvalue weighted by Crippen LogP contribution is -2.50. The highest BCUT2D eigenvalue weighted by Crippen LogP contribution is 2.37. The minimum absolute atomic E-state index is 0.300. The number of ether oxygens (including phenoxy) is 1. The maximum atomic E-state index is 5.57. The first kappa shape index (κ1) is 11.2. The Labute approximate surface area is 81.6 Å². The van der Waals surface area contributed by atoms with Crippen LogP contribution in [0.25, 0.3) is 0 Å². The van der Waals surface area contributed by atoms with Gasteiger partial charge >= 0.3 is 8.56 Å². The molecule has 3 nitrogen and oxygen atoms in total. The molecule has 0 radical (unpaired) electrons. The smallest absolute Gasteiger partial charge is 0.338 e. The van der Waals surface area contributed by atoms with Crippen molar-refractivity contribution in [1.29, 1.82) is 0 Å². The van der Waals surface area contributed by atoms with Crippen LogP contribution in [0.5, 0.6) is 0 Å². The summed E-state index contributed by atoms with van der Waals surface area (Å²) in [5, 5.41) is 0. The highest BCUT2D eigenvalue weighted by Gasteiger charge is 2.45. The molecule has 0 saturated carbocycles. The van der Waals surface area contributed by atoms with Crippen molar-refractivity contribution in [3.63, 3.8) is 0 Å². The van der Waals surface area contributed by atoms with Gasteiger partial charge < -0.3 is 13.6 Å². The van der Waals surface area contributed by atoms with Crippen LogP contribution < -0.4 is 0 Å². The quantitative estimate of drug-likeness (QED) is 0.639. The summed E-state index contributed by atoms with van der Waals surface area (Å²) in [6.07, 6.45) is 0. The van der Waals surface area contributed by atoms with Crippen molar-refractivity contribution in [3.8, 4) is 0 Å². The van der Waals surface area contributed by atoms with Crippen LogP contribution in [0.1, 0.15) is 13.8 Å². The summed E-state index contributed by atoms with van der Waals surface area (Å²) in [6, 6.07) is 2.05. The molecule has 1 aliphatic heterocycles. The first-order chi connectivity index (χ1) is 6.10. The van der Waals surface area contributed by atoms with Crippen molar-refractivity contribution in [2.45, 2.75) is 25.9 Å². The molecule has 0 aliphatic carbocycles. The van der Waals surface area contributed by atoms with Gasteiger partial charge in [0.1, 0.15) is 0 Å². The van der Waals surface area contributed by atoms with E-state index >= 15 is 0 Å². The van der Waals surface area contributed by atoms with Crippen molar-refractivity contribution in [1.82, 2.24) is 0 Å². The Morgan fingerprint density at radius 2 is 1.85 bits per heavy atom. The number of rotatable bonds is 5. The SMILES string of the molecule is CC[Si](CC1(C)COC1)(OC)OC. The summed E-state index contributed by atoms with van der Waals surface area (Å²) in [5.74, 6) is 0. The predicted molar refractivity (Wildman–Crippen MR) is 54.0 cm³/mol. The Balaban J connectivity index is 2.55. The Hall–Kier alpha value is 0.0969. The van der Waals surface area contributed by atoms with Crippen LogP contribution in [0.2, 0.25) is 12.1 Å². The molecule has 0 atom stereocenters. The summed E-state index contributed by atoms with van der Waals surface area (Å²) in [4.78, 5) is 0. The van der Waals surface area contributed by atoms with Crippen molar-refractivity contribution < 1.29 is 13.6 Å². The Morgan fingerprint density at radius 3 is 2.08 bits per heavy atom. The molecule has 0 amide bonds. The van der Waals surface area contributed by atoms with E-state index in [4.69, 9.17) is 13.6 Å². The molecule has 4 heteroatoms. The average molecular weight is 204 g/mol. The molecular weight excluding hydrogens is 184 g/mol. The van der Waals surface area contributed by atoms with E-state index in [9.17, 15) is 0 Å². The monoisotopic (exact) mass is 204 g/mol. The number of hydrogen-bond acceptors (Lipinski definition) is 3. The average Bonchev–Trinajstić information content (AvgIpc) is 2.12. The fourth-order valence-corrected chi connectivity index (χ4v) is 4.63. The third kappa shape index (κ3) is 2.31. The van der Waals surface area contributed by atoms with E-state index in [1.807, 2.05) is 0 Å². The summed E-state index contributed by atoms with van der Waals surface area (Å²) in [6.45, 7) is 6.09. The van der Waals surface area contributed by atoms with Gasteiger partial charge in [0.2, 0.25) is 0 Å². The zero-order chi connectivity index (χ0) is 9.95. The molecule has 78 valence electrons. The van der Waals surface area contributed by atoms with Crippen molar-refractivity contribution in [3.05, 3.63) is 0 Å². The van der Waals surface area contributed by atoms with Gasteiger partial charge in [-0.2, -0.15) is 0 Å². The van der Waals surface area contributed by atoms with Gasteiger partial charge in [-0.05, 0) is 6.04 Å². The van der Waals surface area contributed by atoms with Crippen LogP contribution >= 0.6 is 0 Å². The molecule has 1 rings (SSSR count). The zero-order valence-electron chi connectivity index (χ0n) is 9.05. The van der Waals surface area contributed by atoms with Gasteiger partial charge in [0.15, 0.2) is 0 Å². The van der Waals surface area contributed by atoms with E-state index in [0.29, 0.717) is 5.41 Å². The molecule has 1 aliphatic rings. The van der Waals surface area contributed by atoms with Gasteiger partial charge in [-0.15, -0.1) is 0 Å². The molecule has 0 N–H and O–H groups in total. The second kappa shape index (κ2) is 4.08. The maximum absolute atomic E-state index is 5.57. The minimum atomic E-state index is -1.90. The lowest BCUT2D eigenvalue weighted by atomic mass is 9.91. The lowest BCUT2D eigenvalue weighted by molar-refractivity contribution is -0.0936. The molecule has 0 spiro atoms. The van der Waals surface area contributed by atoms with Gasteiger partial charge in [-0.25, -0.2) is 0 Å². The van der Waals surface area contributed by atoms with Gasteiger partial charge in [0.05, 0.1) is 13.2 Å². The first-order valence-corrected chi connectivity index (χ1v) is 7.01. The van der Waals surface area contributed by atoms with Crippen LogP contribution in [0.4, 0.5) is 0 Å². The van der Waals surface area contributed by atoms with E-state index < -0.39 is 8.56 Å². The third-order valence-corrected chi connectivity index (χ3v) is 6.84. The molecule has 1 saturated heterocycles. The topological polar surface area (TPSA) is 27.7 Å². The predicted octanol–water partition coefficient (Wildman–Crippen LogP) is 1.78. The lowest BCUT2D eigenvalue weighted by Gasteiger charge is -2.42. The van der Waals surface area contributed by atoms with E-state index in [0.717, 1.165) is 25.3 Å². The molecule has 13 heavy (non-hydrogen) atoms. The standard InChI is InChI=1S/C9H20O3Si/c1-5-13(10-3,11-4)8-9(2)6-12-7-9/h5-8H2,1-4H3. The molecular formula is C9H20O3Si. The van der Waals surface area contributed by atoms with Crippen molar-refractivity contribution >= 4 is 8.56 Å². The molecule has 0 aromatic heterocycles. The molecule has 1 heterocycles. The highest BCUT2D eigenvalue weighted by atomic mass is 28.4. The van der Waals surface area contributed by atoms with E-state index in [1.165, 1.54) is 0 Å². The molecule has 0 aromatic rings. The second-order valence-corrected chi connectivity index (χ2v) is 7.85. The highest BCUT2D eigenvalue weighted by molar-refractivity contribution is 6.67. The summed E-state index contributed by atoms with van der Waals surface area (Å²) in [7, 11) is 1.63. The van der Waals surface area contributed by atoms with E-state index in [1.54, 1.807) is 14.2 Å².